The van der Waals surface area contributed by atoms with E-state index in [1.165, 1.54) is 19.6 Å². The molecule has 10 heteroatoms. The summed E-state index contributed by atoms with van der Waals surface area (Å²) in [4.78, 5) is 27.3. The van der Waals surface area contributed by atoms with Crippen LogP contribution in [0.1, 0.15) is 40.7 Å². The number of anilines is 2. The number of para-hydroxylation sites is 2. The molecule has 4 rings (SSSR count). The lowest BCUT2D eigenvalue weighted by atomic mass is 10.1. The number of amides is 1. The molecule has 3 aromatic rings. The predicted octanol–water partition coefficient (Wildman–Crippen LogP) is 5.86. The maximum atomic E-state index is 13.4. The van der Waals surface area contributed by atoms with Crippen LogP contribution in [0.5, 0.6) is 11.5 Å². The quantitative estimate of drug-likeness (QED) is 0.275. The highest BCUT2D eigenvalue weighted by Gasteiger charge is 2.21. The molecule has 0 radical (unpaired) electrons. The standard InChI is InChI=1S/C29H32BrN3O5.ClH/c1-37-22-10-8-9-20(15-22)19-33(26-12-5-4-11-25(26)32-13-6-3-7-14-32)31-28(34)17-21-16-27(38-2)23(29(35)36)18-24(21)30;/h4-5,8-12,15-16,18H,3,6-7,13-14,17,19H2,1-2H3,(H,31,34)(H,35,36);1H. The number of halogens is 2. The highest BCUT2D eigenvalue weighted by molar-refractivity contribution is 9.10. The lowest BCUT2D eigenvalue weighted by Crippen LogP contribution is -2.44. The van der Waals surface area contributed by atoms with E-state index in [0.29, 0.717) is 16.6 Å². The number of carboxylic acids is 1. The number of carbonyl (C=O) groups is 2. The van der Waals surface area contributed by atoms with Crippen LogP contribution in [0.15, 0.2) is 65.1 Å². The van der Waals surface area contributed by atoms with Crippen LogP contribution in [-0.2, 0) is 17.8 Å². The first-order valence-electron chi connectivity index (χ1n) is 12.5. The van der Waals surface area contributed by atoms with E-state index >= 15 is 0 Å². The molecule has 0 aliphatic carbocycles. The van der Waals surface area contributed by atoms with Gasteiger partial charge in [-0.1, -0.05) is 40.2 Å². The fourth-order valence-electron chi connectivity index (χ4n) is 4.66. The highest BCUT2D eigenvalue weighted by Crippen LogP contribution is 2.32. The predicted molar refractivity (Wildman–Crippen MR) is 158 cm³/mol. The molecule has 0 bridgehead atoms. The van der Waals surface area contributed by atoms with E-state index in [-0.39, 0.29) is 36.0 Å². The largest absolute Gasteiger partial charge is 0.497 e. The summed E-state index contributed by atoms with van der Waals surface area (Å²) in [7, 11) is 3.04. The molecule has 0 atom stereocenters. The minimum Gasteiger partial charge on any atom is -0.497 e. The zero-order valence-corrected chi connectivity index (χ0v) is 24.4. The van der Waals surface area contributed by atoms with Gasteiger partial charge in [0.15, 0.2) is 0 Å². The number of methoxy groups -OCH3 is 2. The van der Waals surface area contributed by atoms with Gasteiger partial charge in [-0.3, -0.25) is 15.2 Å². The van der Waals surface area contributed by atoms with Crippen molar-refractivity contribution < 1.29 is 24.2 Å². The minimum absolute atomic E-state index is 0. The maximum absolute atomic E-state index is 13.4. The van der Waals surface area contributed by atoms with E-state index in [9.17, 15) is 14.7 Å². The van der Waals surface area contributed by atoms with E-state index in [1.807, 2.05) is 47.5 Å². The van der Waals surface area contributed by atoms with Crippen LogP contribution in [0.3, 0.4) is 0 Å². The smallest absolute Gasteiger partial charge is 0.339 e. The van der Waals surface area contributed by atoms with Crippen LogP contribution in [0.2, 0.25) is 0 Å². The van der Waals surface area contributed by atoms with Gasteiger partial charge in [-0.15, -0.1) is 12.4 Å². The van der Waals surface area contributed by atoms with Gasteiger partial charge in [-0.05, 0) is 66.8 Å². The summed E-state index contributed by atoms with van der Waals surface area (Å²) in [6, 6.07) is 18.9. The average molecular weight is 619 g/mol. The van der Waals surface area contributed by atoms with Crippen molar-refractivity contribution in [3.63, 3.8) is 0 Å². The molecule has 1 fully saturated rings. The molecule has 1 saturated heterocycles. The van der Waals surface area contributed by atoms with Gasteiger partial charge in [0.2, 0.25) is 5.91 Å². The molecule has 1 aliphatic rings. The van der Waals surface area contributed by atoms with Crippen molar-refractivity contribution in [2.45, 2.75) is 32.2 Å². The second-order valence-electron chi connectivity index (χ2n) is 9.13. The van der Waals surface area contributed by atoms with Crippen LogP contribution in [0.4, 0.5) is 11.4 Å². The molecule has 3 aromatic carbocycles. The van der Waals surface area contributed by atoms with Crippen molar-refractivity contribution in [1.82, 2.24) is 5.43 Å². The number of rotatable bonds is 10. The molecule has 39 heavy (non-hydrogen) atoms. The molecule has 1 heterocycles. The summed E-state index contributed by atoms with van der Waals surface area (Å²) in [5.41, 5.74) is 6.70. The minimum atomic E-state index is -1.10. The SMILES string of the molecule is COc1cccc(CN(NC(=O)Cc2cc(OC)c(C(=O)O)cc2Br)c2ccccc2N2CCCCC2)c1.Cl. The Morgan fingerprint density at radius 1 is 1.00 bits per heavy atom. The third-order valence-electron chi connectivity index (χ3n) is 6.55. The Labute approximate surface area is 243 Å². The van der Waals surface area contributed by atoms with Gasteiger partial charge >= 0.3 is 5.97 Å². The second-order valence-corrected chi connectivity index (χ2v) is 9.99. The zero-order chi connectivity index (χ0) is 27.1. The second kappa shape index (κ2) is 14.1. The molecular weight excluding hydrogens is 586 g/mol. The number of ether oxygens (including phenoxy) is 2. The number of benzene rings is 3. The van der Waals surface area contributed by atoms with Crippen LogP contribution >= 0.6 is 28.3 Å². The van der Waals surface area contributed by atoms with E-state index in [2.05, 4.69) is 32.3 Å². The van der Waals surface area contributed by atoms with Gasteiger partial charge in [-0.2, -0.15) is 0 Å². The molecule has 0 saturated carbocycles. The highest BCUT2D eigenvalue weighted by atomic mass is 79.9. The molecule has 0 unspecified atom stereocenters. The first-order valence-corrected chi connectivity index (χ1v) is 13.3. The van der Waals surface area contributed by atoms with Crippen LogP contribution in [0, 0.1) is 0 Å². The van der Waals surface area contributed by atoms with Crippen molar-refractivity contribution >= 4 is 51.6 Å². The third-order valence-corrected chi connectivity index (χ3v) is 7.29. The van der Waals surface area contributed by atoms with Crippen molar-refractivity contribution in [2.75, 3.05) is 37.2 Å². The topological polar surface area (TPSA) is 91.3 Å². The Balaban J connectivity index is 0.00000420. The molecule has 1 aliphatic heterocycles. The lowest BCUT2D eigenvalue weighted by Gasteiger charge is -2.34. The monoisotopic (exact) mass is 617 g/mol. The summed E-state index contributed by atoms with van der Waals surface area (Å²) >= 11 is 3.42. The van der Waals surface area contributed by atoms with Crippen molar-refractivity contribution in [1.29, 1.82) is 0 Å². The molecule has 0 spiro atoms. The normalized spacial score (nSPS) is 12.7. The zero-order valence-electron chi connectivity index (χ0n) is 22.0. The van der Waals surface area contributed by atoms with Crippen molar-refractivity contribution in [3.05, 3.63) is 81.8 Å². The Morgan fingerprint density at radius 3 is 2.44 bits per heavy atom. The van der Waals surface area contributed by atoms with Gasteiger partial charge < -0.3 is 19.5 Å². The number of piperidine rings is 1. The van der Waals surface area contributed by atoms with Crippen LogP contribution in [0.25, 0.3) is 0 Å². The van der Waals surface area contributed by atoms with Crippen LogP contribution in [-0.4, -0.2) is 44.3 Å². The molecule has 208 valence electrons. The van der Waals surface area contributed by atoms with Gasteiger partial charge in [0.25, 0.3) is 0 Å². The maximum Gasteiger partial charge on any atom is 0.339 e. The average Bonchev–Trinajstić information content (AvgIpc) is 2.94. The first-order chi connectivity index (χ1) is 18.4. The number of nitrogens with one attached hydrogen (secondary N) is 1. The summed E-state index contributed by atoms with van der Waals surface area (Å²) in [6.07, 6.45) is 3.52. The molecule has 2 N–H and O–H groups in total. The van der Waals surface area contributed by atoms with E-state index in [4.69, 9.17) is 9.47 Å². The number of carboxylic acid groups (broad SMARTS) is 1. The van der Waals surface area contributed by atoms with Crippen molar-refractivity contribution in [3.8, 4) is 11.5 Å². The van der Waals surface area contributed by atoms with Gasteiger partial charge in [0, 0.05) is 17.6 Å². The summed E-state index contributed by atoms with van der Waals surface area (Å²) in [6.45, 7) is 2.37. The van der Waals surface area contributed by atoms with E-state index < -0.39 is 5.97 Å². The summed E-state index contributed by atoms with van der Waals surface area (Å²) in [5.74, 6) is -0.399. The van der Waals surface area contributed by atoms with Gasteiger partial charge in [0.1, 0.15) is 17.1 Å². The molecule has 8 nitrogen and oxygen atoms in total. The summed E-state index contributed by atoms with van der Waals surface area (Å²) in [5, 5.41) is 11.3. The first kappa shape index (κ1) is 30.1. The van der Waals surface area contributed by atoms with Gasteiger partial charge in [-0.25, -0.2) is 4.79 Å². The fraction of sp³-hybridized carbons (Fsp3) is 0.310. The lowest BCUT2D eigenvalue weighted by molar-refractivity contribution is -0.120. The van der Waals surface area contributed by atoms with E-state index in [1.54, 1.807) is 13.2 Å². The Kier molecular flexibility index (Phi) is 10.9. The number of aromatic carboxylic acids is 1. The number of hydrogen-bond acceptors (Lipinski definition) is 6. The number of hydrogen-bond donors (Lipinski definition) is 2. The number of nitrogens with zero attached hydrogens (tertiary/aromatic N) is 2. The van der Waals surface area contributed by atoms with Gasteiger partial charge in [0.05, 0.1) is 38.6 Å². The number of hydrazine groups is 1. The number of carbonyl (C=O) groups excluding carboxylic acids is 1. The Bertz CT molecular complexity index is 1300. The summed E-state index contributed by atoms with van der Waals surface area (Å²) < 4.78 is 11.2. The Hall–Kier alpha value is -3.43. The fourth-order valence-corrected chi connectivity index (χ4v) is 5.15. The molecule has 1 amide bonds. The van der Waals surface area contributed by atoms with E-state index in [0.717, 1.165) is 48.6 Å². The molecule has 0 aromatic heterocycles. The van der Waals surface area contributed by atoms with Crippen LogP contribution < -0.4 is 24.8 Å². The Morgan fingerprint density at radius 2 is 1.74 bits per heavy atom. The third kappa shape index (κ3) is 7.58. The molecular formula is C29H33BrClN3O5. The van der Waals surface area contributed by atoms with Crippen molar-refractivity contribution in [2.24, 2.45) is 0 Å².